The molecule has 0 fully saturated rings. The largest absolute Gasteiger partial charge is 0.573 e. The summed E-state index contributed by atoms with van der Waals surface area (Å²) in [5.74, 6) is -1.20. The summed E-state index contributed by atoms with van der Waals surface area (Å²) in [5.41, 5.74) is -0.0225. The minimum atomic E-state index is -4.88. The number of alkyl halides is 3. The molecule has 3 nitrogen and oxygen atoms in total. The van der Waals surface area contributed by atoms with Gasteiger partial charge in [0.05, 0.1) is 5.02 Å². The molecule has 0 saturated carbocycles. The van der Waals surface area contributed by atoms with Crippen molar-refractivity contribution in [3.05, 3.63) is 58.9 Å². The first kappa shape index (κ1) is 14.3. The smallest absolute Gasteiger partial charge is 0.404 e. The van der Waals surface area contributed by atoms with Crippen molar-refractivity contribution < 1.29 is 22.7 Å². The highest BCUT2D eigenvalue weighted by Crippen LogP contribution is 2.33. The second-order valence-corrected chi connectivity index (χ2v) is 4.09. The van der Waals surface area contributed by atoms with Gasteiger partial charge >= 0.3 is 6.36 Å². The number of aromatic nitrogens is 1. The van der Waals surface area contributed by atoms with E-state index in [0.29, 0.717) is 0 Å². The molecular formula is C13H7ClF3NO2. The van der Waals surface area contributed by atoms with E-state index < -0.39 is 22.9 Å². The van der Waals surface area contributed by atoms with Crippen LogP contribution in [0.2, 0.25) is 5.02 Å². The SMILES string of the molecule is O=C(c1ccccn1)c1cccc(OC(F)(F)F)c1Cl. The molecule has 0 spiro atoms. The third-order valence-electron chi connectivity index (χ3n) is 2.33. The lowest BCUT2D eigenvalue weighted by atomic mass is 10.1. The fourth-order valence-electron chi connectivity index (χ4n) is 1.52. The predicted octanol–water partition coefficient (Wildman–Crippen LogP) is 3.86. The average molecular weight is 302 g/mol. The number of benzene rings is 1. The third-order valence-corrected chi connectivity index (χ3v) is 2.72. The number of pyridine rings is 1. The molecule has 0 aliphatic carbocycles. The van der Waals surface area contributed by atoms with Crippen LogP contribution in [0.25, 0.3) is 0 Å². The van der Waals surface area contributed by atoms with Gasteiger partial charge in [-0.1, -0.05) is 23.7 Å². The lowest BCUT2D eigenvalue weighted by Gasteiger charge is -2.12. The van der Waals surface area contributed by atoms with Crippen LogP contribution in [-0.2, 0) is 0 Å². The zero-order chi connectivity index (χ0) is 14.8. The first-order valence-corrected chi connectivity index (χ1v) is 5.76. The van der Waals surface area contributed by atoms with Crippen molar-refractivity contribution in [1.82, 2.24) is 4.98 Å². The van der Waals surface area contributed by atoms with Crippen LogP contribution < -0.4 is 4.74 Å². The topological polar surface area (TPSA) is 39.2 Å². The second-order valence-electron chi connectivity index (χ2n) is 3.71. The van der Waals surface area contributed by atoms with Gasteiger partial charge in [0.25, 0.3) is 0 Å². The molecule has 1 heterocycles. The number of ether oxygens (including phenoxy) is 1. The van der Waals surface area contributed by atoms with Crippen LogP contribution in [0.15, 0.2) is 42.6 Å². The molecule has 0 saturated heterocycles. The van der Waals surface area contributed by atoms with Crippen LogP contribution in [0.5, 0.6) is 5.75 Å². The van der Waals surface area contributed by atoms with Crippen molar-refractivity contribution in [2.24, 2.45) is 0 Å². The van der Waals surface area contributed by atoms with E-state index in [4.69, 9.17) is 11.6 Å². The number of hydrogen-bond donors (Lipinski definition) is 0. The van der Waals surface area contributed by atoms with E-state index in [2.05, 4.69) is 9.72 Å². The van der Waals surface area contributed by atoms with Gasteiger partial charge in [-0.15, -0.1) is 13.2 Å². The highest BCUT2D eigenvalue weighted by atomic mass is 35.5. The van der Waals surface area contributed by atoms with Gasteiger partial charge in [0.1, 0.15) is 11.4 Å². The highest BCUT2D eigenvalue weighted by Gasteiger charge is 2.32. The van der Waals surface area contributed by atoms with Gasteiger partial charge in [0.2, 0.25) is 5.78 Å². The Morgan fingerprint density at radius 1 is 1.15 bits per heavy atom. The van der Waals surface area contributed by atoms with E-state index in [9.17, 15) is 18.0 Å². The minimum absolute atomic E-state index is 0.0820. The Labute approximate surface area is 117 Å². The summed E-state index contributed by atoms with van der Waals surface area (Å²) in [5, 5.41) is -0.402. The molecule has 0 aliphatic heterocycles. The van der Waals surface area contributed by atoms with Gasteiger partial charge in [-0.3, -0.25) is 9.78 Å². The maximum absolute atomic E-state index is 12.2. The van der Waals surface area contributed by atoms with Crippen molar-refractivity contribution in [2.45, 2.75) is 6.36 Å². The Morgan fingerprint density at radius 3 is 2.50 bits per heavy atom. The first-order valence-electron chi connectivity index (χ1n) is 5.38. The van der Waals surface area contributed by atoms with Crippen LogP contribution in [-0.4, -0.2) is 17.1 Å². The summed E-state index contributed by atoms with van der Waals surface area (Å²) in [6, 6.07) is 8.23. The van der Waals surface area contributed by atoms with Crippen LogP contribution in [0, 0.1) is 0 Å². The molecule has 7 heteroatoms. The number of rotatable bonds is 3. The molecule has 0 radical (unpaired) electrons. The molecule has 0 aliphatic rings. The van der Waals surface area contributed by atoms with Crippen LogP contribution in [0.3, 0.4) is 0 Å². The monoisotopic (exact) mass is 301 g/mol. The van der Waals surface area contributed by atoms with Crippen molar-refractivity contribution in [1.29, 1.82) is 0 Å². The highest BCUT2D eigenvalue weighted by molar-refractivity contribution is 6.36. The minimum Gasteiger partial charge on any atom is -0.404 e. The van der Waals surface area contributed by atoms with E-state index in [-0.39, 0.29) is 11.3 Å². The van der Waals surface area contributed by atoms with Gasteiger partial charge < -0.3 is 4.74 Å². The third kappa shape index (κ3) is 3.27. The van der Waals surface area contributed by atoms with E-state index in [1.54, 1.807) is 12.1 Å². The lowest BCUT2D eigenvalue weighted by molar-refractivity contribution is -0.274. The normalized spacial score (nSPS) is 11.2. The zero-order valence-corrected chi connectivity index (χ0v) is 10.6. The van der Waals surface area contributed by atoms with Crippen LogP contribution in [0.1, 0.15) is 16.1 Å². The van der Waals surface area contributed by atoms with Crippen LogP contribution in [0.4, 0.5) is 13.2 Å². The lowest BCUT2D eigenvalue weighted by Crippen LogP contribution is -2.18. The molecule has 2 aromatic rings. The van der Waals surface area contributed by atoms with Crippen molar-refractivity contribution in [2.75, 3.05) is 0 Å². The number of nitrogens with zero attached hydrogens (tertiary/aromatic N) is 1. The quantitative estimate of drug-likeness (QED) is 0.808. The molecule has 0 unspecified atom stereocenters. The van der Waals surface area contributed by atoms with Gasteiger partial charge in [0, 0.05) is 11.8 Å². The van der Waals surface area contributed by atoms with Crippen LogP contribution >= 0.6 is 11.6 Å². The number of halogens is 4. The first-order chi connectivity index (χ1) is 9.38. The van der Waals surface area contributed by atoms with E-state index >= 15 is 0 Å². The second kappa shape index (κ2) is 5.50. The van der Waals surface area contributed by atoms with Crippen molar-refractivity contribution in [3.63, 3.8) is 0 Å². The Morgan fingerprint density at radius 2 is 1.90 bits per heavy atom. The van der Waals surface area contributed by atoms with E-state index in [0.717, 1.165) is 6.07 Å². The Balaban J connectivity index is 2.39. The van der Waals surface area contributed by atoms with Gasteiger partial charge in [-0.25, -0.2) is 0 Å². The summed E-state index contributed by atoms with van der Waals surface area (Å²) in [4.78, 5) is 15.9. The molecule has 1 aromatic heterocycles. The van der Waals surface area contributed by atoms with Gasteiger partial charge in [-0.2, -0.15) is 0 Å². The molecule has 0 bridgehead atoms. The summed E-state index contributed by atoms with van der Waals surface area (Å²) in [6.45, 7) is 0. The Bertz CT molecular complexity index is 629. The molecule has 0 atom stereocenters. The Kier molecular flexibility index (Phi) is 3.94. The number of carbonyl (C=O) groups excluding carboxylic acids is 1. The number of ketones is 1. The molecule has 1 aromatic carbocycles. The maximum Gasteiger partial charge on any atom is 0.573 e. The van der Waals surface area contributed by atoms with Crippen molar-refractivity contribution in [3.8, 4) is 5.75 Å². The van der Waals surface area contributed by atoms with E-state index in [1.165, 1.54) is 24.4 Å². The molecule has 0 N–H and O–H groups in total. The van der Waals surface area contributed by atoms with Gasteiger partial charge in [-0.05, 0) is 24.3 Å². The summed E-state index contributed by atoms with van der Waals surface area (Å²) >= 11 is 5.79. The zero-order valence-electron chi connectivity index (χ0n) is 9.82. The Hall–Kier alpha value is -2.08. The average Bonchev–Trinajstić information content (AvgIpc) is 2.40. The fraction of sp³-hybridized carbons (Fsp3) is 0.0769. The number of hydrogen-bond acceptors (Lipinski definition) is 3. The fourth-order valence-corrected chi connectivity index (χ4v) is 1.78. The standard InChI is InChI=1S/C13H7ClF3NO2/c14-11-8(12(19)9-5-1-2-7-18-9)4-3-6-10(11)20-13(15,16)17/h1-7H. The molecule has 20 heavy (non-hydrogen) atoms. The maximum atomic E-state index is 12.2. The predicted molar refractivity (Wildman–Crippen MR) is 65.8 cm³/mol. The summed E-state index contributed by atoms with van der Waals surface area (Å²) in [7, 11) is 0. The van der Waals surface area contributed by atoms with Gasteiger partial charge in [0.15, 0.2) is 0 Å². The molecule has 0 amide bonds. The summed E-state index contributed by atoms with van der Waals surface area (Å²) in [6.07, 6.45) is -3.48. The number of carbonyl (C=O) groups is 1. The molecule has 104 valence electrons. The summed E-state index contributed by atoms with van der Waals surface area (Å²) < 4.78 is 40.4. The molecule has 2 rings (SSSR count). The molecular weight excluding hydrogens is 295 g/mol. The van der Waals surface area contributed by atoms with E-state index in [1.807, 2.05) is 0 Å². The van der Waals surface area contributed by atoms with Crippen molar-refractivity contribution >= 4 is 17.4 Å².